The predicted molar refractivity (Wildman–Crippen MR) is 141 cm³/mol. The first kappa shape index (κ1) is 24.9. The molecule has 0 bridgehead atoms. The number of carbonyl (C=O) groups excluding carboxylic acids is 2. The normalized spacial score (nSPS) is 14.5. The maximum Gasteiger partial charge on any atom is 0.293 e. The molecule has 1 aliphatic rings. The smallest absolute Gasteiger partial charge is 0.293 e. The summed E-state index contributed by atoms with van der Waals surface area (Å²) < 4.78 is 17.8. The Morgan fingerprint density at radius 1 is 0.971 bits per heavy atom. The molecule has 1 aliphatic heterocycles. The van der Waals surface area contributed by atoms with Crippen molar-refractivity contribution in [2.45, 2.75) is 13.5 Å². The molecular formula is C27H24BrNO5S. The summed E-state index contributed by atoms with van der Waals surface area (Å²) in [5, 5.41) is -0.320. The van der Waals surface area contributed by atoms with Crippen LogP contribution < -0.4 is 14.2 Å². The van der Waals surface area contributed by atoms with E-state index >= 15 is 0 Å². The molecule has 0 aliphatic carbocycles. The summed E-state index contributed by atoms with van der Waals surface area (Å²) in [5.74, 6) is 1.45. The number of benzene rings is 3. The van der Waals surface area contributed by atoms with E-state index < -0.39 is 0 Å². The van der Waals surface area contributed by atoms with Crippen LogP contribution >= 0.6 is 27.7 Å². The van der Waals surface area contributed by atoms with Crippen molar-refractivity contribution >= 4 is 44.9 Å². The van der Waals surface area contributed by atoms with Crippen LogP contribution in [-0.2, 0) is 11.4 Å². The summed E-state index contributed by atoms with van der Waals surface area (Å²) in [6.07, 6.45) is 1.68. The zero-order valence-corrected chi connectivity index (χ0v) is 21.7. The van der Waals surface area contributed by atoms with Gasteiger partial charge in [-0.2, -0.15) is 0 Å². The van der Waals surface area contributed by atoms with E-state index in [0.717, 1.165) is 27.4 Å². The molecule has 0 N–H and O–H groups in total. The molecule has 0 atom stereocenters. The first-order chi connectivity index (χ1) is 16.9. The molecule has 4 rings (SSSR count). The number of ether oxygens (including phenoxy) is 3. The molecule has 0 unspecified atom stereocenters. The van der Waals surface area contributed by atoms with Crippen LogP contribution in [0.2, 0.25) is 0 Å². The molecule has 1 saturated heterocycles. The van der Waals surface area contributed by atoms with Crippen LogP contribution in [0.3, 0.4) is 0 Å². The SMILES string of the molecule is COc1cc(/C=C2\SC(=O)N(CCOc3ccc(C)cc3)C2=O)c(Br)cc1OCc1ccccc1. The summed E-state index contributed by atoms with van der Waals surface area (Å²) in [6.45, 7) is 2.79. The second kappa shape index (κ2) is 11.5. The highest BCUT2D eigenvalue weighted by atomic mass is 79.9. The Kier molecular flexibility index (Phi) is 8.15. The standard InChI is InChI=1S/C27H24BrNO5S/c1-18-8-10-21(11-9-18)33-13-12-29-26(30)25(35-27(29)31)15-20-14-23(32-2)24(16-22(20)28)34-17-19-6-4-3-5-7-19/h3-11,14-16H,12-13,17H2,1-2H3/b25-15-. The van der Waals surface area contributed by atoms with Crippen LogP contribution in [0.15, 0.2) is 76.1 Å². The molecule has 180 valence electrons. The minimum atomic E-state index is -0.345. The fraction of sp³-hybridized carbons (Fsp3) is 0.185. The Morgan fingerprint density at radius 2 is 1.71 bits per heavy atom. The molecule has 3 aromatic carbocycles. The highest BCUT2D eigenvalue weighted by Crippen LogP contribution is 2.38. The largest absolute Gasteiger partial charge is 0.493 e. The fourth-order valence-corrected chi connectivity index (χ4v) is 4.69. The van der Waals surface area contributed by atoms with E-state index in [0.29, 0.717) is 34.3 Å². The third-order valence-corrected chi connectivity index (χ3v) is 6.88. The lowest BCUT2D eigenvalue weighted by Crippen LogP contribution is -2.32. The Balaban J connectivity index is 1.43. The van der Waals surface area contributed by atoms with Gasteiger partial charge in [-0.3, -0.25) is 14.5 Å². The van der Waals surface area contributed by atoms with Crippen LogP contribution in [0.5, 0.6) is 17.2 Å². The molecule has 1 fully saturated rings. The number of rotatable bonds is 9. The van der Waals surface area contributed by atoms with Crippen molar-refractivity contribution in [2.24, 2.45) is 0 Å². The average Bonchev–Trinajstić information content (AvgIpc) is 3.13. The number of imide groups is 1. The number of carbonyl (C=O) groups is 2. The van der Waals surface area contributed by atoms with Gasteiger partial charge in [0.05, 0.1) is 18.6 Å². The molecular weight excluding hydrogens is 530 g/mol. The molecule has 0 spiro atoms. The highest BCUT2D eigenvalue weighted by Gasteiger charge is 2.35. The second-order valence-corrected chi connectivity index (χ2v) is 9.64. The molecule has 1 heterocycles. The maximum atomic E-state index is 12.9. The molecule has 0 aromatic heterocycles. The van der Waals surface area contributed by atoms with Gasteiger partial charge in [0.25, 0.3) is 11.1 Å². The number of amides is 2. The van der Waals surface area contributed by atoms with E-state index in [2.05, 4.69) is 15.9 Å². The minimum absolute atomic E-state index is 0.173. The Bertz CT molecular complexity index is 1240. The van der Waals surface area contributed by atoms with Crippen LogP contribution in [0.1, 0.15) is 16.7 Å². The van der Waals surface area contributed by atoms with E-state index in [1.165, 1.54) is 4.90 Å². The van der Waals surface area contributed by atoms with Crippen molar-refractivity contribution in [1.82, 2.24) is 4.90 Å². The molecule has 3 aromatic rings. The van der Waals surface area contributed by atoms with Crippen molar-refractivity contribution < 1.29 is 23.8 Å². The number of nitrogens with zero attached hydrogens (tertiary/aromatic N) is 1. The summed E-state index contributed by atoms with van der Waals surface area (Å²) in [5.41, 5.74) is 2.87. The fourth-order valence-electron chi connectivity index (χ4n) is 3.39. The van der Waals surface area contributed by atoms with Gasteiger partial charge in [0, 0.05) is 4.47 Å². The second-order valence-electron chi connectivity index (χ2n) is 7.79. The number of hydrogen-bond donors (Lipinski definition) is 0. The van der Waals surface area contributed by atoms with Gasteiger partial charge in [-0.15, -0.1) is 0 Å². The lowest BCUT2D eigenvalue weighted by atomic mass is 10.1. The first-order valence-corrected chi connectivity index (χ1v) is 12.5. The van der Waals surface area contributed by atoms with E-state index in [-0.39, 0.29) is 24.3 Å². The van der Waals surface area contributed by atoms with Gasteiger partial charge in [0.15, 0.2) is 11.5 Å². The van der Waals surface area contributed by atoms with E-state index in [4.69, 9.17) is 14.2 Å². The van der Waals surface area contributed by atoms with E-state index in [9.17, 15) is 9.59 Å². The highest BCUT2D eigenvalue weighted by molar-refractivity contribution is 9.10. The van der Waals surface area contributed by atoms with Crippen molar-refractivity contribution in [3.05, 3.63) is 92.8 Å². The van der Waals surface area contributed by atoms with Gasteiger partial charge >= 0.3 is 0 Å². The third-order valence-electron chi connectivity index (χ3n) is 5.28. The zero-order valence-electron chi connectivity index (χ0n) is 19.3. The molecule has 0 saturated carbocycles. The van der Waals surface area contributed by atoms with Crippen LogP contribution in [0.25, 0.3) is 6.08 Å². The van der Waals surface area contributed by atoms with Gasteiger partial charge in [-0.05, 0) is 60.2 Å². The number of aryl methyl sites for hydroxylation is 1. The Morgan fingerprint density at radius 3 is 2.43 bits per heavy atom. The summed E-state index contributed by atoms with van der Waals surface area (Å²) >= 11 is 4.46. The maximum absolute atomic E-state index is 12.9. The number of halogens is 1. The van der Waals surface area contributed by atoms with Crippen molar-refractivity contribution in [2.75, 3.05) is 20.3 Å². The molecule has 35 heavy (non-hydrogen) atoms. The lowest BCUT2D eigenvalue weighted by molar-refractivity contribution is -0.123. The Labute approximate surface area is 217 Å². The summed E-state index contributed by atoms with van der Waals surface area (Å²) in [4.78, 5) is 26.9. The van der Waals surface area contributed by atoms with Crippen molar-refractivity contribution in [1.29, 1.82) is 0 Å². The van der Waals surface area contributed by atoms with Crippen LogP contribution in [0.4, 0.5) is 4.79 Å². The topological polar surface area (TPSA) is 65.1 Å². The van der Waals surface area contributed by atoms with Gasteiger partial charge < -0.3 is 14.2 Å². The van der Waals surface area contributed by atoms with E-state index in [1.54, 1.807) is 25.3 Å². The van der Waals surface area contributed by atoms with E-state index in [1.807, 2.05) is 61.5 Å². The van der Waals surface area contributed by atoms with Crippen molar-refractivity contribution in [3.63, 3.8) is 0 Å². The Hall–Kier alpha value is -3.23. The van der Waals surface area contributed by atoms with Crippen molar-refractivity contribution in [3.8, 4) is 17.2 Å². The quantitative estimate of drug-likeness (QED) is 0.283. The molecule has 6 nitrogen and oxygen atoms in total. The average molecular weight is 554 g/mol. The first-order valence-electron chi connectivity index (χ1n) is 10.9. The van der Waals surface area contributed by atoms with Crippen LogP contribution in [0, 0.1) is 6.92 Å². The molecule has 2 amide bonds. The van der Waals surface area contributed by atoms with Crippen LogP contribution in [-0.4, -0.2) is 36.3 Å². The monoisotopic (exact) mass is 553 g/mol. The summed E-state index contributed by atoms with van der Waals surface area (Å²) in [7, 11) is 1.56. The minimum Gasteiger partial charge on any atom is -0.493 e. The lowest BCUT2D eigenvalue weighted by Gasteiger charge is -2.14. The predicted octanol–water partition coefficient (Wildman–Crippen LogP) is 6.46. The van der Waals surface area contributed by atoms with Gasteiger partial charge in [-0.1, -0.05) is 64.0 Å². The summed E-state index contributed by atoms with van der Waals surface area (Å²) in [6, 6.07) is 21.0. The number of thioether (sulfide) groups is 1. The van der Waals surface area contributed by atoms with Gasteiger partial charge in [0.2, 0.25) is 0 Å². The molecule has 8 heteroatoms. The van der Waals surface area contributed by atoms with Gasteiger partial charge in [-0.25, -0.2) is 0 Å². The zero-order chi connectivity index (χ0) is 24.8. The van der Waals surface area contributed by atoms with Gasteiger partial charge in [0.1, 0.15) is 19.0 Å². The third kappa shape index (κ3) is 6.26. The molecule has 0 radical (unpaired) electrons. The number of methoxy groups -OCH3 is 1. The number of hydrogen-bond acceptors (Lipinski definition) is 6.